The summed E-state index contributed by atoms with van der Waals surface area (Å²) in [4.78, 5) is 2.33. The van der Waals surface area contributed by atoms with Crippen LogP contribution in [0.15, 0.2) is 18.2 Å². The van der Waals surface area contributed by atoms with Crippen molar-refractivity contribution < 1.29 is 9.84 Å². The van der Waals surface area contributed by atoms with Crippen LogP contribution in [0.4, 0.5) is 5.69 Å². The van der Waals surface area contributed by atoms with Crippen molar-refractivity contribution in [2.45, 2.75) is 58.8 Å². The normalized spacial score (nSPS) is 16.3. The Balaban J connectivity index is 2.13. The quantitative estimate of drug-likeness (QED) is 0.760. The van der Waals surface area contributed by atoms with E-state index in [0.29, 0.717) is 0 Å². The Morgan fingerprint density at radius 3 is 2.68 bits per heavy atom. The first-order valence-electron chi connectivity index (χ1n) is 8.53. The highest BCUT2D eigenvalue weighted by Gasteiger charge is 2.20. The standard InChI is InChI=1S/C18H30N2O2/c1-4-9-19-13-15-5-6-17(18(12-15)22-14(2)3)20-10-7-16(21)8-11-20/h5-6,12,14,16,19,21H,4,7-11,13H2,1-3H3. The van der Waals surface area contributed by atoms with Crippen molar-refractivity contribution >= 4 is 5.69 Å². The molecule has 1 heterocycles. The van der Waals surface area contributed by atoms with E-state index in [1.54, 1.807) is 0 Å². The van der Waals surface area contributed by atoms with E-state index >= 15 is 0 Å². The van der Waals surface area contributed by atoms with Gasteiger partial charge in [-0.05, 0) is 57.4 Å². The lowest BCUT2D eigenvalue weighted by Crippen LogP contribution is -2.36. The molecule has 0 unspecified atom stereocenters. The number of ether oxygens (including phenoxy) is 1. The molecule has 124 valence electrons. The van der Waals surface area contributed by atoms with Crippen LogP contribution in [0.5, 0.6) is 5.75 Å². The molecule has 4 nitrogen and oxygen atoms in total. The van der Waals surface area contributed by atoms with Crippen LogP contribution in [0, 0.1) is 0 Å². The molecule has 4 heteroatoms. The zero-order valence-corrected chi connectivity index (χ0v) is 14.1. The van der Waals surface area contributed by atoms with Crippen LogP contribution >= 0.6 is 0 Å². The molecule has 2 N–H and O–H groups in total. The monoisotopic (exact) mass is 306 g/mol. The number of hydrogen-bond donors (Lipinski definition) is 2. The molecule has 0 amide bonds. The Kier molecular flexibility index (Phi) is 6.52. The molecule has 1 aromatic carbocycles. The number of anilines is 1. The summed E-state index contributed by atoms with van der Waals surface area (Å²) in [5, 5.41) is 13.1. The molecular weight excluding hydrogens is 276 g/mol. The van der Waals surface area contributed by atoms with Crippen LogP contribution in [0.2, 0.25) is 0 Å². The van der Waals surface area contributed by atoms with E-state index in [1.807, 2.05) is 0 Å². The van der Waals surface area contributed by atoms with Gasteiger partial charge in [-0.3, -0.25) is 0 Å². The molecule has 0 saturated carbocycles. The van der Waals surface area contributed by atoms with E-state index in [4.69, 9.17) is 4.74 Å². The third kappa shape index (κ3) is 4.89. The number of piperidine rings is 1. The molecule has 1 saturated heterocycles. The molecule has 1 aliphatic rings. The number of aliphatic hydroxyl groups excluding tert-OH is 1. The van der Waals surface area contributed by atoms with Gasteiger partial charge in [0.25, 0.3) is 0 Å². The second-order valence-corrected chi connectivity index (χ2v) is 6.36. The van der Waals surface area contributed by atoms with Gasteiger partial charge in [-0.25, -0.2) is 0 Å². The minimum Gasteiger partial charge on any atom is -0.489 e. The maximum atomic E-state index is 9.69. The second kappa shape index (κ2) is 8.39. The number of benzene rings is 1. The molecule has 1 aliphatic heterocycles. The van der Waals surface area contributed by atoms with Gasteiger partial charge in [0.1, 0.15) is 5.75 Å². The van der Waals surface area contributed by atoms with Gasteiger partial charge in [0.15, 0.2) is 0 Å². The minimum atomic E-state index is -0.150. The third-order valence-corrected chi connectivity index (χ3v) is 3.95. The van der Waals surface area contributed by atoms with Crippen LogP contribution in [0.3, 0.4) is 0 Å². The summed E-state index contributed by atoms with van der Waals surface area (Å²) in [5.41, 5.74) is 2.41. The van der Waals surface area contributed by atoms with Crippen molar-refractivity contribution in [2.75, 3.05) is 24.5 Å². The number of nitrogens with one attached hydrogen (secondary N) is 1. The Morgan fingerprint density at radius 2 is 2.05 bits per heavy atom. The fraction of sp³-hybridized carbons (Fsp3) is 0.667. The Bertz CT molecular complexity index is 454. The molecule has 1 fully saturated rings. The second-order valence-electron chi connectivity index (χ2n) is 6.36. The topological polar surface area (TPSA) is 44.7 Å². The fourth-order valence-electron chi connectivity index (χ4n) is 2.79. The van der Waals surface area contributed by atoms with E-state index < -0.39 is 0 Å². The highest BCUT2D eigenvalue weighted by Crippen LogP contribution is 2.32. The van der Waals surface area contributed by atoms with E-state index in [1.165, 1.54) is 5.56 Å². The van der Waals surface area contributed by atoms with Crippen LogP contribution in [0.1, 0.15) is 45.6 Å². The van der Waals surface area contributed by atoms with E-state index in [9.17, 15) is 5.11 Å². The Morgan fingerprint density at radius 1 is 1.32 bits per heavy atom. The maximum Gasteiger partial charge on any atom is 0.143 e. The summed E-state index contributed by atoms with van der Waals surface area (Å²) in [6.07, 6.45) is 2.82. The lowest BCUT2D eigenvalue weighted by molar-refractivity contribution is 0.145. The van der Waals surface area contributed by atoms with Gasteiger partial charge in [-0.15, -0.1) is 0 Å². The highest BCUT2D eigenvalue weighted by atomic mass is 16.5. The number of nitrogens with zero attached hydrogens (tertiary/aromatic N) is 1. The Hall–Kier alpha value is -1.26. The predicted octanol–water partition coefficient (Wildman–Crippen LogP) is 2.93. The van der Waals surface area contributed by atoms with Crippen molar-refractivity contribution in [3.8, 4) is 5.75 Å². The first-order valence-corrected chi connectivity index (χ1v) is 8.53. The fourth-order valence-corrected chi connectivity index (χ4v) is 2.79. The highest BCUT2D eigenvalue weighted by molar-refractivity contribution is 5.60. The van der Waals surface area contributed by atoms with Crippen LogP contribution in [-0.4, -0.2) is 36.9 Å². The lowest BCUT2D eigenvalue weighted by atomic mass is 10.1. The summed E-state index contributed by atoms with van der Waals surface area (Å²) >= 11 is 0. The smallest absolute Gasteiger partial charge is 0.143 e. The van der Waals surface area contributed by atoms with Gasteiger partial charge in [0.05, 0.1) is 17.9 Å². The largest absolute Gasteiger partial charge is 0.489 e. The average molecular weight is 306 g/mol. The minimum absolute atomic E-state index is 0.150. The van der Waals surface area contributed by atoms with Gasteiger partial charge in [-0.1, -0.05) is 13.0 Å². The molecule has 0 atom stereocenters. The van der Waals surface area contributed by atoms with Crippen molar-refractivity contribution in [1.82, 2.24) is 5.32 Å². The van der Waals surface area contributed by atoms with Gasteiger partial charge in [0, 0.05) is 19.6 Å². The van der Waals surface area contributed by atoms with Crippen LogP contribution in [0.25, 0.3) is 0 Å². The molecule has 2 rings (SSSR count). The SMILES string of the molecule is CCCNCc1ccc(N2CCC(O)CC2)c(OC(C)C)c1. The van der Waals surface area contributed by atoms with E-state index in [2.05, 4.69) is 49.2 Å². The first-order chi connectivity index (χ1) is 10.6. The van der Waals surface area contributed by atoms with Gasteiger partial charge < -0.3 is 20.1 Å². The maximum absolute atomic E-state index is 9.69. The van der Waals surface area contributed by atoms with Gasteiger partial charge in [-0.2, -0.15) is 0 Å². The van der Waals surface area contributed by atoms with Crippen molar-refractivity contribution in [1.29, 1.82) is 0 Å². The lowest BCUT2D eigenvalue weighted by Gasteiger charge is -2.33. The van der Waals surface area contributed by atoms with E-state index in [-0.39, 0.29) is 12.2 Å². The summed E-state index contributed by atoms with van der Waals surface area (Å²) in [6.45, 7) is 9.99. The molecule has 0 spiro atoms. The molecular formula is C18H30N2O2. The zero-order valence-electron chi connectivity index (χ0n) is 14.1. The van der Waals surface area contributed by atoms with Crippen molar-refractivity contribution in [3.05, 3.63) is 23.8 Å². The molecule has 0 aliphatic carbocycles. The van der Waals surface area contributed by atoms with Gasteiger partial charge in [0.2, 0.25) is 0 Å². The average Bonchev–Trinajstić information content (AvgIpc) is 2.48. The molecule has 22 heavy (non-hydrogen) atoms. The predicted molar refractivity (Wildman–Crippen MR) is 91.7 cm³/mol. The third-order valence-electron chi connectivity index (χ3n) is 3.95. The zero-order chi connectivity index (χ0) is 15.9. The summed E-state index contributed by atoms with van der Waals surface area (Å²) < 4.78 is 6.04. The van der Waals surface area contributed by atoms with E-state index in [0.717, 1.165) is 56.9 Å². The number of rotatable bonds is 7. The van der Waals surface area contributed by atoms with Gasteiger partial charge >= 0.3 is 0 Å². The number of hydrogen-bond acceptors (Lipinski definition) is 4. The van der Waals surface area contributed by atoms with Crippen LogP contribution < -0.4 is 15.0 Å². The van der Waals surface area contributed by atoms with Crippen LogP contribution in [-0.2, 0) is 6.54 Å². The van der Waals surface area contributed by atoms with Crippen molar-refractivity contribution in [2.24, 2.45) is 0 Å². The summed E-state index contributed by atoms with van der Waals surface area (Å²) in [7, 11) is 0. The summed E-state index contributed by atoms with van der Waals surface area (Å²) in [5.74, 6) is 0.960. The molecule has 0 bridgehead atoms. The first kappa shape index (κ1) is 17.1. The molecule has 1 aromatic rings. The molecule has 0 aromatic heterocycles. The number of aliphatic hydroxyl groups is 1. The Labute approximate surface area is 134 Å². The molecule has 0 radical (unpaired) electrons. The summed E-state index contributed by atoms with van der Waals surface area (Å²) in [6, 6.07) is 6.50. The van der Waals surface area contributed by atoms with Crippen molar-refractivity contribution in [3.63, 3.8) is 0 Å².